The molecule has 0 aliphatic carbocycles. The van der Waals surface area contributed by atoms with Crippen LogP contribution in [0.15, 0.2) is 139 Å². The van der Waals surface area contributed by atoms with Crippen molar-refractivity contribution in [2.24, 2.45) is 0 Å². The van der Waals surface area contributed by atoms with Crippen molar-refractivity contribution in [2.75, 3.05) is 0 Å². The summed E-state index contributed by atoms with van der Waals surface area (Å²) < 4.78 is 47.1. The molecule has 0 saturated carbocycles. The summed E-state index contributed by atoms with van der Waals surface area (Å²) in [5, 5.41) is 2.17. The summed E-state index contributed by atoms with van der Waals surface area (Å²) in [6.07, 6.45) is 0. The molecule has 0 spiro atoms. The lowest BCUT2D eigenvalue weighted by Crippen LogP contribution is -2.01. The molecule has 0 bridgehead atoms. The SMILES string of the molecule is [2H]c1c([2H])c([2H])c(-c2ccc(-c3nc(-c4ccccc4)nc(-c4ccc5c(c4)-c4cccc6cccc(c46)O5)n3)cc2)c([2H])c1[2H]. The summed E-state index contributed by atoms with van der Waals surface area (Å²) in [7, 11) is 0. The van der Waals surface area contributed by atoms with Crippen LogP contribution in [0.2, 0.25) is 0 Å². The molecule has 0 saturated heterocycles. The highest BCUT2D eigenvalue weighted by molar-refractivity contribution is 6.04. The molecule has 6 aromatic carbocycles. The van der Waals surface area contributed by atoms with E-state index in [1.807, 2.05) is 60.7 Å². The van der Waals surface area contributed by atoms with Gasteiger partial charge in [0.25, 0.3) is 0 Å². The van der Waals surface area contributed by atoms with Crippen molar-refractivity contribution in [3.05, 3.63) is 139 Å². The van der Waals surface area contributed by atoms with Crippen molar-refractivity contribution in [3.8, 4) is 67.9 Å². The van der Waals surface area contributed by atoms with Crippen LogP contribution in [0.4, 0.5) is 0 Å². The van der Waals surface area contributed by atoms with Crippen LogP contribution in [0.3, 0.4) is 0 Å². The van der Waals surface area contributed by atoms with Gasteiger partial charge >= 0.3 is 0 Å². The Balaban J connectivity index is 1.26. The van der Waals surface area contributed by atoms with Gasteiger partial charge in [-0.1, -0.05) is 115 Å². The van der Waals surface area contributed by atoms with Gasteiger partial charge in [0, 0.05) is 27.6 Å². The Morgan fingerprint density at radius 2 is 1.10 bits per heavy atom. The maximum atomic E-state index is 8.37. The average molecular weight is 531 g/mol. The normalized spacial score (nSPS) is 13.3. The summed E-state index contributed by atoms with van der Waals surface area (Å²) in [6.45, 7) is 0. The summed E-state index contributed by atoms with van der Waals surface area (Å²) in [5.74, 6) is 3.03. The first-order chi connectivity index (χ1) is 22.4. The Morgan fingerprint density at radius 1 is 0.463 bits per heavy atom. The molecule has 1 aliphatic heterocycles. The van der Waals surface area contributed by atoms with E-state index in [-0.39, 0.29) is 29.7 Å². The first-order valence-corrected chi connectivity index (χ1v) is 13.2. The molecule has 4 nitrogen and oxygen atoms in total. The van der Waals surface area contributed by atoms with Gasteiger partial charge in [0.2, 0.25) is 0 Å². The smallest absolute Gasteiger partial charge is 0.164 e. The van der Waals surface area contributed by atoms with Crippen molar-refractivity contribution in [2.45, 2.75) is 0 Å². The van der Waals surface area contributed by atoms with E-state index in [0.29, 0.717) is 28.6 Å². The summed E-state index contributed by atoms with van der Waals surface area (Å²) in [5.41, 5.74) is 5.01. The fourth-order valence-corrected chi connectivity index (χ4v) is 5.23. The molecule has 192 valence electrons. The van der Waals surface area contributed by atoms with E-state index in [9.17, 15) is 0 Å². The second-order valence-corrected chi connectivity index (χ2v) is 9.72. The second-order valence-electron chi connectivity index (χ2n) is 9.72. The molecule has 1 aliphatic rings. The molecule has 0 radical (unpaired) electrons. The first-order valence-electron chi connectivity index (χ1n) is 15.7. The first kappa shape index (κ1) is 18.6. The van der Waals surface area contributed by atoms with Gasteiger partial charge in [0.15, 0.2) is 17.5 Å². The van der Waals surface area contributed by atoms with E-state index in [1.54, 1.807) is 24.3 Å². The standard InChI is InChI=1S/C37H23N3O/c1-3-9-24(10-4-1)25-17-19-28(20-18-25)36-38-35(27-11-5-2-6-12-27)39-37(40-36)29-21-22-32-31(23-29)30-15-7-13-26-14-8-16-33(41-32)34(26)30/h1-23H/i1D,3D,4D,9D,10D. The minimum absolute atomic E-state index is 0.145. The average Bonchev–Trinajstić information content (AvgIpc) is 3.10. The number of ether oxygens (including phenoxy) is 1. The molecule has 7 aromatic rings. The molecule has 0 amide bonds. The van der Waals surface area contributed by atoms with Gasteiger partial charge in [-0.3, -0.25) is 0 Å². The quantitative estimate of drug-likeness (QED) is 0.227. The van der Waals surface area contributed by atoms with Crippen LogP contribution < -0.4 is 4.74 Å². The summed E-state index contributed by atoms with van der Waals surface area (Å²) >= 11 is 0. The predicted octanol–water partition coefficient (Wildman–Crippen LogP) is 9.47. The Kier molecular flexibility index (Phi) is 4.34. The van der Waals surface area contributed by atoms with E-state index in [0.717, 1.165) is 44.5 Å². The van der Waals surface area contributed by atoms with Gasteiger partial charge in [-0.05, 0) is 46.3 Å². The van der Waals surface area contributed by atoms with Crippen molar-refractivity contribution >= 4 is 10.8 Å². The van der Waals surface area contributed by atoms with Gasteiger partial charge in [-0.2, -0.15) is 0 Å². The second kappa shape index (κ2) is 9.54. The largest absolute Gasteiger partial charge is 0.456 e. The van der Waals surface area contributed by atoms with Crippen LogP contribution in [0.1, 0.15) is 6.85 Å². The lowest BCUT2D eigenvalue weighted by molar-refractivity contribution is 0.487. The van der Waals surface area contributed by atoms with Crippen LogP contribution in [-0.2, 0) is 0 Å². The molecule has 0 atom stereocenters. The molecule has 2 heterocycles. The van der Waals surface area contributed by atoms with E-state index >= 15 is 0 Å². The van der Waals surface area contributed by atoms with Crippen molar-refractivity contribution in [1.29, 1.82) is 0 Å². The van der Waals surface area contributed by atoms with E-state index in [1.165, 1.54) is 0 Å². The highest BCUT2D eigenvalue weighted by Gasteiger charge is 2.21. The Morgan fingerprint density at radius 3 is 1.85 bits per heavy atom. The molecule has 8 rings (SSSR count). The number of nitrogens with zero attached hydrogens (tertiary/aromatic N) is 3. The predicted molar refractivity (Wildman–Crippen MR) is 165 cm³/mol. The zero-order chi connectivity index (χ0) is 31.5. The number of benzene rings is 6. The number of aromatic nitrogens is 3. The lowest BCUT2D eigenvalue weighted by Gasteiger charge is -2.21. The highest BCUT2D eigenvalue weighted by Crippen LogP contribution is 2.47. The highest BCUT2D eigenvalue weighted by atomic mass is 16.5. The number of fused-ring (bicyclic) bond motifs is 2. The molecule has 0 unspecified atom stereocenters. The number of hydrogen-bond donors (Lipinski definition) is 0. The van der Waals surface area contributed by atoms with Gasteiger partial charge < -0.3 is 4.74 Å². The Bertz CT molecular complexity index is 2310. The number of hydrogen-bond acceptors (Lipinski definition) is 4. The fourth-order valence-electron chi connectivity index (χ4n) is 5.23. The zero-order valence-electron chi connectivity index (χ0n) is 26.6. The molecular formula is C37H23N3O. The van der Waals surface area contributed by atoms with Gasteiger partial charge in [0.05, 0.1) is 6.85 Å². The minimum Gasteiger partial charge on any atom is -0.456 e. The molecular weight excluding hydrogens is 502 g/mol. The third-order valence-electron chi connectivity index (χ3n) is 7.21. The van der Waals surface area contributed by atoms with Crippen LogP contribution in [0.25, 0.3) is 67.2 Å². The monoisotopic (exact) mass is 530 g/mol. The molecule has 1 aromatic heterocycles. The fraction of sp³-hybridized carbons (Fsp3) is 0. The zero-order valence-corrected chi connectivity index (χ0v) is 21.6. The van der Waals surface area contributed by atoms with Crippen LogP contribution >= 0.6 is 0 Å². The third-order valence-corrected chi connectivity index (χ3v) is 7.21. The third kappa shape index (κ3) is 4.14. The summed E-state index contributed by atoms with van der Waals surface area (Å²) in [4.78, 5) is 14.6. The molecule has 0 N–H and O–H groups in total. The van der Waals surface area contributed by atoms with Crippen LogP contribution in [0, 0.1) is 0 Å². The van der Waals surface area contributed by atoms with Crippen molar-refractivity contribution in [1.82, 2.24) is 15.0 Å². The molecule has 4 heteroatoms. The topological polar surface area (TPSA) is 47.9 Å². The van der Waals surface area contributed by atoms with Crippen LogP contribution in [0.5, 0.6) is 11.5 Å². The van der Waals surface area contributed by atoms with Crippen molar-refractivity contribution < 1.29 is 11.6 Å². The minimum atomic E-state index is -0.420. The molecule has 0 fully saturated rings. The van der Waals surface area contributed by atoms with Gasteiger partial charge in [0.1, 0.15) is 11.5 Å². The van der Waals surface area contributed by atoms with E-state index in [2.05, 4.69) is 24.3 Å². The maximum absolute atomic E-state index is 8.37. The summed E-state index contributed by atoms with van der Waals surface area (Å²) in [6, 6.07) is 33.3. The van der Waals surface area contributed by atoms with E-state index in [4.69, 9.17) is 26.5 Å². The van der Waals surface area contributed by atoms with Crippen molar-refractivity contribution in [3.63, 3.8) is 0 Å². The maximum Gasteiger partial charge on any atom is 0.164 e. The Labute approximate surface area is 244 Å². The van der Waals surface area contributed by atoms with Crippen LogP contribution in [-0.4, -0.2) is 15.0 Å². The van der Waals surface area contributed by atoms with Gasteiger partial charge in [-0.25, -0.2) is 15.0 Å². The number of rotatable bonds is 4. The van der Waals surface area contributed by atoms with E-state index < -0.39 is 6.04 Å². The van der Waals surface area contributed by atoms with Gasteiger partial charge in [-0.15, -0.1) is 0 Å². The molecule has 41 heavy (non-hydrogen) atoms. The Hall–Kier alpha value is -5.61. The lowest BCUT2D eigenvalue weighted by atomic mass is 9.93.